The van der Waals surface area contributed by atoms with Gasteiger partial charge in [-0.25, -0.2) is 9.97 Å². The fourth-order valence-corrected chi connectivity index (χ4v) is 3.49. The van der Waals surface area contributed by atoms with E-state index in [2.05, 4.69) is 27.6 Å². The summed E-state index contributed by atoms with van der Waals surface area (Å²) in [6.07, 6.45) is 5.75. The predicted molar refractivity (Wildman–Crippen MR) is 76.6 cm³/mol. The van der Waals surface area contributed by atoms with E-state index in [1.165, 1.54) is 12.8 Å². The van der Waals surface area contributed by atoms with E-state index in [9.17, 15) is 0 Å². The zero-order valence-electron chi connectivity index (χ0n) is 11.8. The van der Waals surface area contributed by atoms with Crippen molar-refractivity contribution in [2.75, 3.05) is 26.8 Å². The second kappa shape index (κ2) is 4.82. The van der Waals surface area contributed by atoms with Gasteiger partial charge < -0.3 is 4.74 Å². The van der Waals surface area contributed by atoms with Crippen molar-refractivity contribution in [3.63, 3.8) is 0 Å². The average Bonchev–Trinajstić information content (AvgIpc) is 3.15. The summed E-state index contributed by atoms with van der Waals surface area (Å²) in [7, 11) is 2.20. The summed E-state index contributed by atoms with van der Waals surface area (Å²) in [5.41, 5.74) is 2.03. The quantitative estimate of drug-likeness (QED) is 0.840. The van der Waals surface area contributed by atoms with Crippen molar-refractivity contribution in [3.8, 4) is 0 Å². The Balaban J connectivity index is 1.88. The van der Waals surface area contributed by atoms with Crippen LogP contribution in [0.25, 0.3) is 11.2 Å². The highest BCUT2D eigenvalue weighted by molar-refractivity contribution is 5.71. The largest absolute Gasteiger partial charge is 0.381 e. The van der Waals surface area contributed by atoms with E-state index in [1.807, 2.05) is 12.3 Å². The number of ether oxygens (including phenoxy) is 1. The van der Waals surface area contributed by atoms with Crippen LogP contribution in [0.2, 0.25) is 0 Å². The van der Waals surface area contributed by atoms with Gasteiger partial charge >= 0.3 is 0 Å². The van der Waals surface area contributed by atoms with Crippen LogP contribution in [0.4, 0.5) is 0 Å². The lowest BCUT2D eigenvalue weighted by Gasteiger charge is -2.24. The topological polar surface area (TPSA) is 43.2 Å². The molecular weight excluding hydrogens is 252 g/mol. The molecule has 2 aromatic heterocycles. The fraction of sp³-hybridized carbons (Fsp3) is 0.600. The van der Waals surface area contributed by atoms with Gasteiger partial charge in [0.1, 0.15) is 11.3 Å². The summed E-state index contributed by atoms with van der Waals surface area (Å²) in [6.45, 7) is 2.79. The summed E-state index contributed by atoms with van der Waals surface area (Å²) in [6, 6.07) is 4.03. The highest BCUT2D eigenvalue weighted by Crippen LogP contribution is 2.34. The van der Waals surface area contributed by atoms with Crippen LogP contribution >= 0.6 is 0 Å². The molecule has 0 N–H and O–H groups in total. The van der Waals surface area contributed by atoms with Crippen LogP contribution in [0.1, 0.15) is 37.2 Å². The third kappa shape index (κ3) is 1.84. The van der Waals surface area contributed by atoms with E-state index in [0.717, 1.165) is 43.2 Å². The number of likely N-dealkylation sites (tertiary alicyclic amines) is 1. The molecule has 2 aromatic rings. The van der Waals surface area contributed by atoms with Gasteiger partial charge in [0, 0.05) is 18.7 Å². The second-order valence-corrected chi connectivity index (χ2v) is 5.85. The molecule has 0 radical (unpaired) electrons. The fourth-order valence-electron chi connectivity index (χ4n) is 3.49. The number of fused-ring (bicyclic) bond motifs is 1. The minimum absolute atomic E-state index is 0.394. The Morgan fingerprint density at radius 3 is 3.05 bits per heavy atom. The molecule has 0 saturated carbocycles. The SMILES string of the molecule is CN1CCCC1n1c(C2CCOC2)nc2cccnc21. The van der Waals surface area contributed by atoms with Crippen LogP contribution in [0.3, 0.4) is 0 Å². The standard InChI is InChI=1S/C15H20N4O/c1-18-8-3-5-13(18)19-14(11-6-9-20-10-11)17-12-4-2-7-16-15(12)19/h2,4,7,11,13H,3,5-6,8-10H2,1H3. The first-order valence-electron chi connectivity index (χ1n) is 7.45. The molecule has 4 rings (SSSR count). The van der Waals surface area contributed by atoms with E-state index in [-0.39, 0.29) is 0 Å². The van der Waals surface area contributed by atoms with Gasteiger partial charge in [-0.3, -0.25) is 9.47 Å². The van der Waals surface area contributed by atoms with Gasteiger partial charge in [-0.15, -0.1) is 0 Å². The number of pyridine rings is 1. The van der Waals surface area contributed by atoms with Crippen molar-refractivity contribution in [2.24, 2.45) is 0 Å². The van der Waals surface area contributed by atoms with Gasteiger partial charge in [-0.1, -0.05) is 0 Å². The Morgan fingerprint density at radius 2 is 2.30 bits per heavy atom. The predicted octanol–water partition coefficient (Wildman–Crippen LogP) is 2.16. The van der Waals surface area contributed by atoms with Gasteiger partial charge in [0.15, 0.2) is 5.65 Å². The van der Waals surface area contributed by atoms with E-state index < -0.39 is 0 Å². The molecule has 0 spiro atoms. The first kappa shape index (κ1) is 12.3. The highest BCUT2D eigenvalue weighted by Gasteiger charge is 2.31. The minimum atomic E-state index is 0.394. The van der Waals surface area contributed by atoms with E-state index >= 15 is 0 Å². The van der Waals surface area contributed by atoms with Crippen LogP contribution in [-0.4, -0.2) is 46.2 Å². The normalized spacial score (nSPS) is 27.6. The first-order valence-corrected chi connectivity index (χ1v) is 7.45. The van der Waals surface area contributed by atoms with Gasteiger partial charge in [0.25, 0.3) is 0 Å². The molecule has 2 fully saturated rings. The van der Waals surface area contributed by atoms with Gasteiger partial charge in [-0.2, -0.15) is 0 Å². The number of hydrogen-bond donors (Lipinski definition) is 0. The van der Waals surface area contributed by atoms with Crippen LogP contribution in [0, 0.1) is 0 Å². The maximum Gasteiger partial charge on any atom is 0.161 e. The van der Waals surface area contributed by atoms with Crippen molar-refractivity contribution in [1.29, 1.82) is 0 Å². The highest BCUT2D eigenvalue weighted by atomic mass is 16.5. The maximum atomic E-state index is 5.56. The number of aromatic nitrogens is 3. The Hall–Kier alpha value is -1.46. The summed E-state index contributed by atoms with van der Waals surface area (Å²) >= 11 is 0. The van der Waals surface area contributed by atoms with Gasteiger partial charge in [0.05, 0.1) is 12.8 Å². The van der Waals surface area contributed by atoms with Crippen LogP contribution in [0.5, 0.6) is 0 Å². The van der Waals surface area contributed by atoms with Crippen LogP contribution in [-0.2, 0) is 4.74 Å². The first-order chi connectivity index (χ1) is 9.84. The lowest BCUT2D eigenvalue weighted by atomic mass is 10.1. The lowest BCUT2D eigenvalue weighted by molar-refractivity contribution is 0.190. The van der Waals surface area contributed by atoms with E-state index in [1.54, 1.807) is 0 Å². The Morgan fingerprint density at radius 1 is 1.35 bits per heavy atom. The van der Waals surface area contributed by atoms with Crippen molar-refractivity contribution in [2.45, 2.75) is 31.3 Å². The average molecular weight is 272 g/mol. The summed E-state index contributed by atoms with van der Waals surface area (Å²) in [4.78, 5) is 11.9. The van der Waals surface area contributed by atoms with Crippen molar-refractivity contribution in [1.82, 2.24) is 19.4 Å². The molecular formula is C15H20N4O. The molecule has 0 amide bonds. The van der Waals surface area contributed by atoms with Gasteiger partial charge in [0.2, 0.25) is 0 Å². The molecule has 20 heavy (non-hydrogen) atoms. The number of hydrogen-bond acceptors (Lipinski definition) is 4. The Bertz CT molecular complexity index is 617. The summed E-state index contributed by atoms with van der Waals surface area (Å²) < 4.78 is 7.93. The zero-order chi connectivity index (χ0) is 13.5. The third-order valence-corrected chi connectivity index (χ3v) is 4.55. The molecule has 4 heterocycles. The molecule has 0 bridgehead atoms. The molecule has 5 heteroatoms. The van der Waals surface area contributed by atoms with E-state index in [0.29, 0.717) is 12.1 Å². The molecule has 2 saturated heterocycles. The van der Waals surface area contributed by atoms with Crippen molar-refractivity contribution in [3.05, 3.63) is 24.2 Å². The molecule has 106 valence electrons. The number of nitrogens with zero attached hydrogens (tertiary/aromatic N) is 4. The van der Waals surface area contributed by atoms with Gasteiger partial charge in [-0.05, 0) is 45.0 Å². The molecule has 2 atom stereocenters. The summed E-state index contributed by atoms with van der Waals surface area (Å²) in [5.74, 6) is 1.58. The second-order valence-electron chi connectivity index (χ2n) is 5.85. The van der Waals surface area contributed by atoms with Crippen molar-refractivity contribution < 1.29 is 4.74 Å². The minimum Gasteiger partial charge on any atom is -0.381 e. The van der Waals surface area contributed by atoms with Crippen LogP contribution < -0.4 is 0 Å². The van der Waals surface area contributed by atoms with Crippen LogP contribution in [0.15, 0.2) is 18.3 Å². The zero-order valence-corrected chi connectivity index (χ0v) is 11.8. The number of imidazole rings is 1. The molecule has 5 nitrogen and oxygen atoms in total. The Kier molecular flexibility index (Phi) is 2.97. The molecule has 2 aliphatic heterocycles. The smallest absolute Gasteiger partial charge is 0.161 e. The molecule has 0 aliphatic carbocycles. The molecule has 0 aromatic carbocycles. The van der Waals surface area contributed by atoms with E-state index in [4.69, 9.17) is 9.72 Å². The lowest BCUT2D eigenvalue weighted by Crippen LogP contribution is -2.25. The van der Waals surface area contributed by atoms with Crippen molar-refractivity contribution >= 4 is 11.2 Å². The maximum absolute atomic E-state index is 5.56. The molecule has 2 aliphatic rings. The third-order valence-electron chi connectivity index (χ3n) is 4.55. The Labute approximate surface area is 118 Å². The summed E-state index contributed by atoms with van der Waals surface area (Å²) in [5, 5.41) is 0. The molecule has 2 unspecified atom stereocenters. The number of rotatable bonds is 2. The monoisotopic (exact) mass is 272 g/mol.